The Labute approximate surface area is 576 Å². The predicted octanol–water partition coefficient (Wildman–Crippen LogP) is 20.8. The summed E-state index contributed by atoms with van der Waals surface area (Å²) in [6.07, 6.45) is 12.0. The van der Waals surface area contributed by atoms with Crippen molar-refractivity contribution < 1.29 is 55.8 Å². The lowest BCUT2D eigenvalue weighted by molar-refractivity contribution is -0.156. The van der Waals surface area contributed by atoms with Crippen LogP contribution in [0.1, 0.15) is 244 Å². The second-order valence-electron chi connectivity index (χ2n) is 34.9. The van der Waals surface area contributed by atoms with Crippen LogP contribution >= 0.6 is 0 Å². The number of nitrogens with zero attached hydrogens (tertiary/aromatic N) is 1. The van der Waals surface area contributed by atoms with Crippen molar-refractivity contribution in [2.24, 2.45) is 29.6 Å². The van der Waals surface area contributed by atoms with Crippen molar-refractivity contribution in [1.29, 1.82) is 0 Å². The van der Waals surface area contributed by atoms with Crippen LogP contribution in [0.25, 0.3) is 0 Å². The molecule has 17 heteroatoms. The Morgan fingerprint density at radius 1 is 0.624 bits per heavy atom. The quantitative estimate of drug-likeness (QED) is 0.0252. The number of carbonyl (C=O) groups excluding carboxylic acids is 3. The second-order valence-corrected chi connectivity index (χ2v) is 55.2. The first-order valence-electron chi connectivity index (χ1n) is 36.5. The number of allylic oxidation sites excluding steroid dienone is 3. The van der Waals surface area contributed by atoms with Crippen LogP contribution in [0.5, 0.6) is 0 Å². The minimum absolute atomic E-state index is 0.00585. The van der Waals surface area contributed by atoms with Crippen molar-refractivity contribution in [1.82, 2.24) is 4.90 Å². The number of carbonyl (C=O) groups is 3. The largest absolute Gasteiger partial charge is 0.456 e. The standard InChI is InChI=1S/C76H147NO12Si4/c1-35-37-62(43-56(14)42-57(15)44-68(82-29)71(69(83-30)45-58(16)49-78)89-91(33,34)76(25,26)27)66(88-93(53(8)9,54(10)11)55(12)13)48-65(86-90(31,32)75(22,23)24)60(18)70(84-72(79)63-38-36-41-77(63)73(80)85-74(19,20)21)59(17)46-61-39-40-64(67(47-61)81-28)87-92(50(2)3,51(4)5)52(6)7/h35,43,46,49-55,57-58,60-71H,1,36-42,44-45,47-48H2,2-34H3/b56-43+,59-46+/t57-,58-,60+,61?,62+,63-,64+,65-,66+,67+,68-,69-,70+,71+/m0/s1. The van der Waals surface area contributed by atoms with Gasteiger partial charge in [-0.3, -0.25) is 4.90 Å². The maximum atomic E-state index is 15.3. The highest BCUT2D eigenvalue weighted by Gasteiger charge is 2.52. The Balaban J connectivity index is 3.08. The molecule has 544 valence electrons. The van der Waals surface area contributed by atoms with Gasteiger partial charge in [0.15, 0.2) is 16.6 Å². The van der Waals surface area contributed by atoms with Crippen LogP contribution in [0.2, 0.25) is 69.5 Å². The normalized spacial score (nSPS) is 22.3. The van der Waals surface area contributed by atoms with E-state index in [0.717, 1.165) is 44.0 Å². The fraction of sp³-hybridized carbons (Fsp3) is 0.882. The maximum Gasteiger partial charge on any atom is 0.411 e. The van der Waals surface area contributed by atoms with Gasteiger partial charge in [0.1, 0.15) is 24.0 Å². The number of esters is 1. The van der Waals surface area contributed by atoms with Gasteiger partial charge in [0, 0.05) is 45.6 Å². The zero-order valence-corrected chi connectivity index (χ0v) is 70.2. The highest BCUT2D eigenvalue weighted by atomic mass is 28.4. The van der Waals surface area contributed by atoms with E-state index in [1.54, 1.807) is 19.1 Å². The SMILES string of the molecule is C=CC[C@H](/C=C(\C)C[C@H](C)C[C@H](OC)[C@@H](O[Si](C)(C)C(C)(C)C)[C@H](C[C@H](C)C=O)OC)[C@@H](C[C@H](O[Si](C)(C)C(C)(C)C)[C@@H](C)[C@H](OC(=O)[C@@H]1CCCN1C(=O)OC(C)(C)C)/C(C)=C/C1CC[C@@H](O[Si](C(C)C)(C(C)C)C(C)C)[C@H](OC)C1)O[Si](C(C)C)(C(C)C)C(C)C. The average molecular weight is 1380 g/mol. The van der Waals surface area contributed by atoms with Crippen molar-refractivity contribution in [2.75, 3.05) is 27.9 Å². The zero-order chi connectivity index (χ0) is 71.9. The Morgan fingerprint density at radius 2 is 1.13 bits per heavy atom. The first-order valence-corrected chi connectivity index (χ1v) is 46.6. The van der Waals surface area contributed by atoms with Crippen LogP contribution in [0.15, 0.2) is 36.0 Å². The molecule has 1 amide bonds. The van der Waals surface area contributed by atoms with Crippen LogP contribution in [0.3, 0.4) is 0 Å². The van der Waals surface area contributed by atoms with Gasteiger partial charge in [-0.25, -0.2) is 9.59 Å². The van der Waals surface area contributed by atoms with Crippen LogP contribution in [-0.2, 0) is 51.0 Å². The van der Waals surface area contributed by atoms with Crippen molar-refractivity contribution in [2.45, 2.75) is 374 Å². The smallest absolute Gasteiger partial charge is 0.411 e. The summed E-state index contributed by atoms with van der Waals surface area (Å²) >= 11 is 0. The van der Waals surface area contributed by atoms with Gasteiger partial charge in [-0.2, -0.15) is 0 Å². The summed E-state index contributed by atoms with van der Waals surface area (Å²) < 4.78 is 63.0. The van der Waals surface area contributed by atoms with Crippen molar-refractivity contribution in [3.63, 3.8) is 0 Å². The molecule has 1 aliphatic carbocycles. The molecule has 0 aromatic heterocycles. The molecule has 2 rings (SSSR count). The first-order chi connectivity index (χ1) is 42.6. The van der Waals surface area contributed by atoms with E-state index in [-0.39, 0.29) is 76.3 Å². The molecular formula is C76H147NO12Si4. The predicted molar refractivity (Wildman–Crippen MR) is 399 cm³/mol. The van der Waals surface area contributed by atoms with Gasteiger partial charge in [-0.05, 0) is 186 Å². The molecule has 2 aliphatic rings. The summed E-state index contributed by atoms with van der Waals surface area (Å²) in [7, 11) is -4.40. The lowest BCUT2D eigenvalue weighted by Crippen LogP contribution is -2.54. The molecule has 0 radical (unpaired) electrons. The Hall–Kier alpha value is -1.78. The average Bonchev–Trinajstić information content (AvgIpc) is 1.25. The maximum absolute atomic E-state index is 15.3. The molecule has 1 saturated heterocycles. The Kier molecular flexibility index (Phi) is 34.8. The molecule has 93 heavy (non-hydrogen) atoms. The number of hydrogen-bond acceptors (Lipinski definition) is 12. The molecule has 1 unspecified atom stereocenters. The van der Waals surface area contributed by atoms with Crippen LogP contribution in [0, 0.1) is 29.6 Å². The van der Waals surface area contributed by atoms with Gasteiger partial charge in [0.05, 0.1) is 42.7 Å². The number of methoxy groups -OCH3 is 3. The van der Waals surface area contributed by atoms with E-state index in [2.05, 4.69) is 203 Å². The molecule has 14 atom stereocenters. The Morgan fingerprint density at radius 3 is 1.58 bits per heavy atom. The third-order valence-electron chi connectivity index (χ3n) is 22.5. The van der Waals surface area contributed by atoms with E-state index < -0.39 is 69.2 Å². The number of likely N-dealkylation sites (tertiary alicyclic amines) is 1. The Bertz CT molecular complexity index is 2290. The fourth-order valence-corrected chi connectivity index (χ4v) is 29.5. The lowest BCUT2D eigenvalue weighted by Gasteiger charge is -2.48. The van der Waals surface area contributed by atoms with E-state index in [4.69, 9.17) is 41.4 Å². The summed E-state index contributed by atoms with van der Waals surface area (Å²) in [6, 6.07) is -0.791. The van der Waals surface area contributed by atoms with E-state index in [9.17, 15) is 9.59 Å². The van der Waals surface area contributed by atoms with Gasteiger partial charge < -0.3 is 46.2 Å². The van der Waals surface area contributed by atoms with Crippen LogP contribution in [0.4, 0.5) is 4.79 Å². The third-order valence-corrected chi connectivity index (χ3v) is 43.7. The highest BCUT2D eigenvalue weighted by Crippen LogP contribution is 2.49. The number of rotatable bonds is 38. The summed E-state index contributed by atoms with van der Waals surface area (Å²) in [4.78, 5) is 42.9. The van der Waals surface area contributed by atoms with Crippen LogP contribution < -0.4 is 0 Å². The molecule has 1 heterocycles. The molecular weight excluding hydrogens is 1230 g/mol. The van der Waals surface area contributed by atoms with Crippen LogP contribution in [-0.4, -0.2) is 145 Å². The van der Waals surface area contributed by atoms with E-state index in [1.165, 1.54) is 5.57 Å². The first kappa shape index (κ1) is 87.3. The molecule has 1 saturated carbocycles. The number of amides is 1. The summed E-state index contributed by atoms with van der Waals surface area (Å²) in [5, 5.41) is -0.207. The molecule has 13 nitrogen and oxygen atoms in total. The van der Waals surface area contributed by atoms with Crippen molar-refractivity contribution in [3.05, 3.63) is 36.0 Å². The number of ether oxygens (including phenoxy) is 5. The minimum atomic E-state index is -2.61. The molecule has 0 aromatic rings. The fourth-order valence-electron chi connectivity index (χ4n) is 15.5. The highest BCUT2D eigenvalue weighted by molar-refractivity contribution is 6.78. The van der Waals surface area contributed by atoms with Crippen molar-refractivity contribution in [3.8, 4) is 0 Å². The van der Waals surface area contributed by atoms with Gasteiger partial charge in [0.2, 0.25) is 16.6 Å². The number of aldehydes is 1. The summed E-state index contributed by atoms with van der Waals surface area (Å²) in [5.41, 5.74) is 3.76. The van der Waals surface area contributed by atoms with Gasteiger partial charge in [-0.15, -0.1) is 6.58 Å². The summed E-state index contributed by atoms with van der Waals surface area (Å²) in [5.74, 6) is -0.706. The minimum Gasteiger partial charge on any atom is -0.456 e. The molecule has 1 aliphatic heterocycles. The second kappa shape index (κ2) is 37.1. The summed E-state index contributed by atoms with van der Waals surface area (Å²) in [6.45, 7) is 72.4. The molecule has 0 bridgehead atoms. The number of hydrogen-bond donors (Lipinski definition) is 0. The third kappa shape index (κ3) is 23.9. The van der Waals surface area contributed by atoms with E-state index >= 15 is 4.79 Å². The van der Waals surface area contributed by atoms with Gasteiger partial charge in [-0.1, -0.05) is 169 Å². The molecule has 2 fully saturated rings. The molecule has 0 aromatic carbocycles. The lowest BCUT2D eigenvalue weighted by atomic mass is 9.81. The van der Waals surface area contributed by atoms with E-state index in [1.807, 2.05) is 34.8 Å². The van der Waals surface area contributed by atoms with Gasteiger partial charge >= 0.3 is 12.1 Å². The topological polar surface area (TPSA) is 138 Å². The van der Waals surface area contributed by atoms with Crippen molar-refractivity contribution >= 4 is 51.6 Å². The van der Waals surface area contributed by atoms with E-state index in [0.29, 0.717) is 71.9 Å². The zero-order valence-electron chi connectivity index (χ0n) is 66.2. The monoisotopic (exact) mass is 1380 g/mol. The molecule has 0 N–H and O–H groups in total. The van der Waals surface area contributed by atoms with Gasteiger partial charge in [0.25, 0.3) is 0 Å². The molecule has 0 spiro atoms.